The molecule has 0 radical (unpaired) electrons. The van der Waals surface area contributed by atoms with Crippen molar-refractivity contribution in [2.24, 2.45) is 0 Å². The summed E-state index contributed by atoms with van der Waals surface area (Å²) >= 11 is 0. The van der Waals surface area contributed by atoms with E-state index >= 15 is 0 Å². The first-order valence-corrected chi connectivity index (χ1v) is 25.8. The maximum absolute atomic E-state index is 12.4. The van der Waals surface area contributed by atoms with Gasteiger partial charge in [-0.25, -0.2) is 9.59 Å². The van der Waals surface area contributed by atoms with E-state index in [4.69, 9.17) is 18.9 Å². The molecule has 0 bridgehead atoms. The molecule has 0 fully saturated rings. The summed E-state index contributed by atoms with van der Waals surface area (Å²) in [6.45, 7) is 9.52. The van der Waals surface area contributed by atoms with Crippen LogP contribution in [0.2, 0.25) is 0 Å². The number of ether oxygens (including phenoxy) is 4. The van der Waals surface area contributed by atoms with Crippen LogP contribution in [0.1, 0.15) is 168 Å². The second-order valence-electron chi connectivity index (χ2n) is 17.6. The van der Waals surface area contributed by atoms with Gasteiger partial charge in [0.05, 0.1) is 39.6 Å². The van der Waals surface area contributed by atoms with Crippen LogP contribution in [0.25, 0.3) is 0 Å². The molecule has 20 heteroatoms. The fourth-order valence-corrected chi connectivity index (χ4v) is 6.89. The molecule has 0 aromatic rings. The van der Waals surface area contributed by atoms with Crippen LogP contribution in [0, 0.1) is 0 Å². The van der Waals surface area contributed by atoms with Crippen LogP contribution in [0.3, 0.4) is 0 Å². The molecule has 8 N–H and O–H groups in total. The number of nitrogens with one attached hydrogen (secondary N) is 6. The van der Waals surface area contributed by atoms with E-state index in [1.165, 1.54) is 69.8 Å². The molecule has 0 aliphatic carbocycles. The average Bonchev–Trinajstić information content (AvgIpc) is 3.31. The number of carbonyl (C=O) groups is 8. The molecule has 0 spiro atoms. The Labute approximate surface area is 417 Å². The molecule has 0 aromatic carbocycles. The molecule has 0 heterocycles. The highest BCUT2D eigenvalue weighted by atomic mass is 16.5. The number of rotatable bonds is 50. The van der Waals surface area contributed by atoms with Gasteiger partial charge in [0.2, 0.25) is 35.4 Å². The summed E-state index contributed by atoms with van der Waals surface area (Å²) in [5.41, 5.74) is 1.28. The Kier molecular flexibility index (Phi) is 43.6. The Balaban J connectivity index is 3.79. The lowest BCUT2D eigenvalue weighted by Crippen LogP contribution is -2.43. The van der Waals surface area contributed by atoms with Crippen LogP contribution in [-0.2, 0) is 57.3 Å². The standard InChI is InChI=1S/C50H90N6O14/c1-4-5-28-51-43(57)23-20-29-52-44(58)26-25-42(50(65)66)56-48(62)39-70-37-35-68-33-31-54-47(61)38-69-36-34-67-32-30-53-45(59)27-24-41(49(63)64)55-46(60)22-19-17-15-13-11-9-7-6-8-10-12-14-16-18-21-40(2)3/h41-42H,2,4-39H2,1,3H3,(H,51,57)(H,52,58)(H,53,59)(H,54,61)(H,55,60)(H,56,62)(H,63,64)(H,65,66). The summed E-state index contributed by atoms with van der Waals surface area (Å²) in [6.07, 6.45) is 20.4. The molecule has 0 aromatic heterocycles. The van der Waals surface area contributed by atoms with Crippen molar-refractivity contribution < 1.29 is 67.5 Å². The molecule has 20 nitrogen and oxygen atoms in total. The highest BCUT2D eigenvalue weighted by molar-refractivity contribution is 5.85. The van der Waals surface area contributed by atoms with Gasteiger partial charge >= 0.3 is 11.9 Å². The van der Waals surface area contributed by atoms with E-state index < -0.39 is 36.5 Å². The van der Waals surface area contributed by atoms with Gasteiger partial charge in [0, 0.05) is 51.9 Å². The Morgan fingerprint density at radius 1 is 0.400 bits per heavy atom. The van der Waals surface area contributed by atoms with Crippen molar-refractivity contribution in [1.82, 2.24) is 31.9 Å². The second-order valence-corrected chi connectivity index (χ2v) is 17.6. The van der Waals surface area contributed by atoms with Crippen LogP contribution in [-0.4, -0.2) is 149 Å². The lowest BCUT2D eigenvalue weighted by Gasteiger charge is -2.14. The van der Waals surface area contributed by atoms with Gasteiger partial charge in [0.1, 0.15) is 25.3 Å². The van der Waals surface area contributed by atoms with Crippen molar-refractivity contribution in [2.45, 2.75) is 180 Å². The number of amides is 6. The van der Waals surface area contributed by atoms with Gasteiger partial charge < -0.3 is 61.1 Å². The van der Waals surface area contributed by atoms with E-state index in [-0.39, 0.29) is 134 Å². The van der Waals surface area contributed by atoms with Crippen molar-refractivity contribution in [3.63, 3.8) is 0 Å². The number of carbonyl (C=O) groups excluding carboxylic acids is 6. The van der Waals surface area contributed by atoms with Crippen LogP contribution < -0.4 is 31.9 Å². The Morgan fingerprint density at radius 3 is 1.21 bits per heavy atom. The first kappa shape index (κ1) is 65.3. The second kappa shape index (κ2) is 46.7. The Bertz CT molecular complexity index is 1470. The molecule has 2 unspecified atom stereocenters. The largest absolute Gasteiger partial charge is 0.480 e. The van der Waals surface area contributed by atoms with Crippen molar-refractivity contribution in [1.29, 1.82) is 0 Å². The monoisotopic (exact) mass is 999 g/mol. The first-order chi connectivity index (χ1) is 33.7. The number of unbranched alkanes of at least 4 members (excludes halogenated alkanes) is 14. The molecule has 2 atom stereocenters. The van der Waals surface area contributed by atoms with Gasteiger partial charge in [-0.05, 0) is 51.9 Å². The third-order valence-corrected chi connectivity index (χ3v) is 10.9. The zero-order chi connectivity index (χ0) is 51.9. The minimum absolute atomic E-state index is 0.0323. The topological polar surface area (TPSA) is 286 Å². The fourth-order valence-electron chi connectivity index (χ4n) is 6.89. The summed E-state index contributed by atoms with van der Waals surface area (Å²) in [5, 5.41) is 34.5. The van der Waals surface area contributed by atoms with E-state index in [0.29, 0.717) is 19.4 Å². The fraction of sp³-hybridized carbons (Fsp3) is 0.800. The normalized spacial score (nSPS) is 11.8. The van der Waals surface area contributed by atoms with Crippen molar-refractivity contribution >= 4 is 47.4 Å². The van der Waals surface area contributed by atoms with E-state index in [1.54, 1.807) is 0 Å². The van der Waals surface area contributed by atoms with Gasteiger partial charge in [-0.15, -0.1) is 6.58 Å². The van der Waals surface area contributed by atoms with Gasteiger partial charge in [0.15, 0.2) is 0 Å². The van der Waals surface area contributed by atoms with Gasteiger partial charge in [-0.2, -0.15) is 0 Å². The smallest absolute Gasteiger partial charge is 0.326 e. The van der Waals surface area contributed by atoms with Crippen LogP contribution in [0.15, 0.2) is 12.2 Å². The molecular formula is C50H90N6O14. The zero-order valence-corrected chi connectivity index (χ0v) is 42.6. The van der Waals surface area contributed by atoms with E-state index in [9.17, 15) is 48.6 Å². The SMILES string of the molecule is C=C(C)CCCCCCCCCCCCCCCCC(=O)NC(CCC(=O)NCCOCCOCC(=O)NCCOCCOCC(=O)NC(CCC(=O)NCCCC(=O)NCCCC)C(=O)O)C(=O)O. The third kappa shape index (κ3) is 44.5. The summed E-state index contributed by atoms with van der Waals surface area (Å²) in [7, 11) is 0. The molecule has 6 amide bonds. The number of hydrogen-bond acceptors (Lipinski definition) is 12. The molecule has 0 saturated heterocycles. The first-order valence-electron chi connectivity index (χ1n) is 25.8. The van der Waals surface area contributed by atoms with E-state index in [2.05, 4.69) is 45.4 Å². The predicted octanol–water partition coefficient (Wildman–Crippen LogP) is 4.61. The zero-order valence-electron chi connectivity index (χ0n) is 42.6. The van der Waals surface area contributed by atoms with Gasteiger partial charge in [-0.1, -0.05) is 96.0 Å². The molecule has 0 aliphatic heterocycles. The summed E-state index contributed by atoms with van der Waals surface area (Å²) in [6, 6.07) is -2.43. The number of carboxylic acid groups (broad SMARTS) is 2. The summed E-state index contributed by atoms with van der Waals surface area (Å²) in [4.78, 5) is 95.8. The average molecular weight is 999 g/mol. The van der Waals surface area contributed by atoms with Gasteiger partial charge in [-0.3, -0.25) is 28.8 Å². The number of aliphatic carboxylic acids is 2. The maximum atomic E-state index is 12.4. The Hall–Kier alpha value is -4.66. The summed E-state index contributed by atoms with van der Waals surface area (Å²) < 4.78 is 21.3. The predicted molar refractivity (Wildman–Crippen MR) is 266 cm³/mol. The third-order valence-electron chi connectivity index (χ3n) is 10.9. The minimum Gasteiger partial charge on any atom is -0.480 e. The minimum atomic E-state index is -1.29. The van der Waals surface area contributed by atoms with Crippen LogP contribution >= 0.6 is 0 Å². The molecule has 0 rings (SSSR count). The number of hydrogen-bond donors (Lipinski definition) is 8. The number of carboxylic acids is 2. The molecule has 70 heavy (non-hydrogen) atoms. The molecule has 0 aliphatic rings. The van der Waals surface area contributed by atoms with Gasteiger partial charge in [0.25, 0.3) is 0 Å². The maximum Gasteiger partial charge on any atom is 0.326 e. The molecular weight excluding hydrogens is 909 g/mol. The highest BCUT2D eigenvalue weighted by Gasteiger charge is 2.22. The van der Waals surface area contributed by atoms with E-state index in [0.717, 1.165) is 38.5 Å². The highest BCUT2D eigenvalue weighted by Crippen LogP contribution is 2.15. The molecule has 0 saturated carbocycles. The Morgan fingerprint density at radius 2 is 0.757 bits per heavy atom. The lowest BCUT2D eigenvalue weighted by atomic mass is 10.0. The number of allylic oxidation sites excluding steroid dienone is 1. The lowest BCUT2D eigenvalue weighted by molar-refractivity contribution is -0.143. The van der Waals surface area contributed by atoms with Crippen molar-refractivity contribution in [2.75, 3.05) is 79.0 Å². The van der Waals surface area contributed by atoms with E-state index in [1.807, 2.05) is 6.92 Å². The molecule has 404 valence electrons. The van der Waals surface area contributed by atoms with Crippen LogP contribution in [0.5, 0.6) is 0 Å². The quantitative estimate of drug-likeness (QED) is 0.0305. The van der Waals surface area contributed by atoms with Crippen molar-refractivity contribution in [3.05, 3.63) is 12.2 Å². The summed E-state index contributed by atoms with van der Waals surface area (Å²) in [5.74, 6) is -4.68. The van der Waals surface area contributed by atoms with Crippen LogP contribution in [0.4, 0.5) is 0 Å². The van der Waals surface area contributed by atoms with Crippen molar-refractivity contribution in [3.8, 4) is 0 Å².